The molecule has 2 atom stereocenters. The van der Waals surface area contributed by atoms with Crippen LogP contribution in [0.2, 0.25) is 0 Å². The number of carbonyl (C=O) groups is 4. The fraction of sp³-hybridized carbons (Fsp3) is 0.565. The highest BCUT2D eigenvalue weighted by Gasteiger charge is 2.32. The van der Waals surface area contributed by atoms with Crippen molar-refractivity contribution in [3.05, 3.63) is 35.9 Å². The van der Waals surface area contributed by atoms with E-state index in [2.05, 4.69) is 10.7 Å². The van der Waals surface area contributed by atoms with E-state index in [1.807, 2.05) is 44.2 Å². The van der Waals surface area contributed by atoms with Crippen molar-refractivity contribution in [3.8, 4) is 0 Å². The van der Waals surface area contributed by atoms with Crippen LogP contribution in [0.4, 0.5) is 4.79 Å². The van der Waals surface area contributed by atoms with E-state index < -0.39 is 29.7 Å². The van der Waals surface area contributed by atoms with E-state index in [1.165, 1.54) is 0 Å². The molecule has 2 rings (SSSR count). The summed E-state index contributed by atoms with van der Waals surface area (Å²) in [7, 11) is 1.71. The minimum absolute atomic E-state index is 0.0855. The van der Waals surface area contributed by atoms with Gasteiger partial charge in [-0.05, 0) is 24.3 Å². The number of carbonyl (C=O) groups excluding carboxylic acids is 4. The van der Waals surface area contributed by atoms with Gasteiger partial charge in [0.1, 0.15) is 6.61 Å². The second-order valence-corrected chi connectivity index (χ2v) is 8.37. The lowest BCUT2D eigenvalue weighted by Gasteiger charge is -2.25. The average molecular weight is 432 g/mol. The molecule has 0 aliphatic carbocycles. The molecule has 0 saturated carbocycles. The van der Waals surface area contributed by atoms with E-state index in [1.54, 1.807) is 12.1 Å². The maximum atomic E-state index is 13.0. The van der Waals surface area contributed by atoms with Crippen LogP contribution in [0.3, 0.4) is 0 Å². The number of hydrogen-bond donors (Lipinski definition) is 2. The fourth-order valence-electron chi connectivity index (χ4n) is 3.59. The minimum atomic E-state index is -0.794. The summed E-state index contributed by atoms with van der Waals surface area (Å²) in [4.78, 5) is 50.1. The quantitative estimate of drug-likeness (QED) is 0.643. The van der Waals surface area contributed by atoms with Crippen molar-refractivity contribution in [3.63, 3.8) is 0 Å². The summed E-state index contributed by atoms with van der Waals surface area (Å²) in [6.07, 6.45) is 2.28. The number of nitrogens with zero attached hydrogens (tertiary/aromatic N) is 1. The summed E-state index contributed by atoms with van der Waals surface area (Å²) in [5.74, 6) is -2.44. The van der Waals surface area contributed by atoms with Crippen LogP contribution in [-0.4, -0.2) is 48.2 Å². The van der Waals surface area contributed by atoms with Gasteiger partial charge in [-0.3, -0.25) is 19.8 Å². The van der Waals surface area contributed by atoms with Gasteiger partial charge in [0.05, 0.1) is 6.04 Å². The zero-order valence-corrected chi connectivity index (χ0v) is 18.6. The number of ketones is 2. The lowest BCUT2D eigenvalue weighted by molar-refractivity contribution is -0.144. The Bertz CT molecular complexity index is 766. The maximum absolute atomic E-state index is 13.0. The fourth-order valence-corrected chi connectivity index (χ4v) is 3.59. The number of rotatable bonds is 7. The molecule has 1 aromatic carbocycles. The standard InChI is InChI=1S/C23H33N3O5/c1-16(2)20(24-23(30)31-15-17-10-6-4-7-11-17)19(27)14-18-12-8-5-9-13-26(3)25-22(29)21(18)28/h4,6-7,10-11,16,18,20H,5,8-9,12-15H2,1-3H3,(H,24,30)(H,25,29). The highest BCUT2D eigenvalue weighted by atomic mass is 16.5. The molecule has 0 bridgehead atoms. The molecule has 2 amide bonds. The van der Waals surface area contributed by atoms with Gasteiger partial charge in [-0.1, -0.05) is 57.0 Å². The molecule has 8 heteroatoms. The molecule has 8 nitrogen and oxygen atoms in total. The summed E-state index contributed by atoms with van der Waals surface area (Å²) in [5, 5.41) is 4.23. The Balaban J connectivity index is 1.98. The molecule has 1 heterocycles. The Labute approximate surface area is 183 Å². The van der Waals surface area contributed by atoms with Crippen molar-refractivity contribution in [2.45, 2.75) is 58.6 Å². The smallest absolute Gasteiger partial charge is 0.408 e. The first-order chi connectivity index (χ1) is 14.8. The molecule has 170 valence electrons. The summed E-state index contributed by atoms with van der Waals surface area (Å²) in [5.41, 5.74) is 3.40. The van der Waals surface area contributed by atoms with E-state index in [0.717, 1.165) is 24.8 Å². The first-order valence-electron chi connectivity index (χ1n) is 10.8. The summed E-state index contributed by atoms with van der Waals surface area (Å²) in [6.45, 7) is 4.40. The summed E-state index contributed by atoms with van der Waals surface area (Å²) >= 11 is 0. The van der Waals surface area contributed by atoms with Gasteiger partial charge < -0.3 is 10.1 Å². The van der Waals surface area contributed by atoms with Crippen molar-refractivity contribution in [2.75, 3.05) is 13.6 Å². The van der Waals surface area contributed by atoms with Crippen LogP contribution in [0.25, 0.3) is 0 Å². The third-order valence-electron chi connectivity index (χ3n) is 5.38. The number of alkyl carbamates (subject to hydrolysis) is 1. The lowest BCUT2D eigenvalue weighted by Crippen LogP contribution is -2.48. The van der Waals surface area contributed by atoms with Crippen molar-refractivity contribution in [1.82, 2.24) is 15.8 Å². The molecule has 2 unspecified atom stereocenters. The molecule has 1 saturated heterocycles. The zero-order valence-electron chi connectivity index (χ0n) is 18.6. The molecular weight excluding hydrogens is 398 g/mol. The Morgan fingerprint density at radius 1 is 1.16 bits per heavy atom. The molecule has 1 aliphatic heterocycles. The topological polar surface area (TPSA) is 105 Å². The van der Waals surface area contributed by atoms with Gasteiger partial charge in [-0.2, -0.15) is 0 Å². The molecule has 31 heavy (non-hydrogen) atoms. The van der Waals surface area contributed by atoms with Crippen LogP contribution in [-0.2, 0) is 25.7 Å². The lowest BCUT2D eigenvalue weighted by atomic mass is 9.87. The van der Waals surface area contributed by atoms with E-state index in [9.17, 15) is 19.2 Å². The molecular formula is C23H33N3O5. The number of ether oxygens (including phenoxy) is 1. The van der Waals surface area contributed by atoms with Gasteiger partial charge in [-0.15, -0.1) is 0 Å². The average Bonchev–Trinajstić information content (AvgIpc) is 2.74. The van der Waals surface area contributed by atoms with Crippen molar-refractivity contribution in [2.24, 2.45) is 11.8 Å². The highest BCUT2D eigenvalue weighted by Crippen LogP contribution is 2.20. The van der Waals surface area contributed by atoms with Gasteiger partial charge in [-0.25, -0.2) is 9.80 Å². The Morgan fingerprint density at radius 3 is 2.55 bits per heavy atom. The maximum Gasteiger partial charge on any atom is 0.408 e. The molecule has 1 aromatic rings. The zero-order chi connectivity index (χ0) is 22.8. The molecule has 1 aliphatic rings. The second-order valence-electron chi connectivity index (χ2n) is 8.37. The molecule has 0 aromatic heterocycles. The van der Waals surface area contributed by atoms with Crippen molar-refractivity contribution >= 4 is 23.6 Å². The number of nitrogens with one attached hydrogen (secondary N) is 2. The number of amides is 2. The Morgan fingerprint density at radius 2 is 1.87 bits per heavy atom. The Kier molecular flexibility index (Phi) is 9.65. The second kappa shape index (κ2) is 12.2. The number of Topliss-reactive ketones (excluding diaryl/α,β-unsaturated/α-hetero) is 2. The molecule has 2 N–H and O–H groups in total. The Hall–Kier alpha value is -2.74. The van der Waals surface area contributed by atoms with Gasteiger partial charge in [0.2, 0.25) is 5.78 Å². The predicted molar refractivity (Wildman–Crippen MR) is 116 cm³/mol. The SMILES string of the molecule is CC(C)C(NC(=O)OCc1ccccc1)C(=O)CC1CCCCCN(C)NC(=O)C1=O. The largest absolute Gasteiger partial charge is 0.445 e. The number of hydrazine groups is 1. The van der Waals surface area contributed by atoms with Crippen molar-refractivity contribution < 1.29 is 23.9 Å². The van der Waals surface area contributed by atoms with E-state index in [4.69, 9.17) is 4.74 Å². The van der Waals surface area contributed by atoms with E-state index in [0.29, 0.717) is 13.0 Å². The van der Waals surface area contributed by atoms with Crippen molar-refractivity contribution in [1.29, 1.82) is 0 Å². The van der Waals surface area contributed by atoms with Crippen LogP contribution < -0.4 is 10.7 Å². The van der Waals surface area contributed by atoms with Gasteiger partial charge in [0.25, 0.3) is 0 Å². The third-order valence-corrected chi connectivity index (χ3v) is 5.38. The minimum Gasteiger partial charge on any atom is -0.445 e. The summed E-state index contributed by atoms with van der Waals surface area (Å²) in [6, 6.07) is 8.45. The monoisotopic (exact) mass is 431 g/mol. The van der Waals surface area contributed by atoms with Crippen LogP contribution in [0, 0.1) is 11.8 Å². The van der Waals surface area contributed by atoms with Gasteiger partial charge in [0, 0.05) is 25.9 Å². The first-order valence-corrected chi connectivity index (χ1v) is 10.8. The van der Waals surface area contributed by atoms with Crippen LogP contribution in [0.1, 0.15) is 51.5 Å². The molecule has 1 fully saturated rings. The van der Waals surface area contributed by atoms with Crippen LogP contribution in [0.15, 0.2) is 30.3 Å². The van der Waals surface area contributed by atoms with Crippen LogP contribution >= 0.6 is 0 Å². The van der Waals surface area contributed by atoms with Gasteiger partial charge in [0.15, 0.2) is 5.78 Å². The molecule has 0 radical (unpaired) electrons. The summed E-state index contributed by atoms with van der Waals surface area (Å²) < 4.78 is 5.23. The normalized spacial score (nSPS) is 19.4. The highest BCUT2D eigenvalue weighted by molar-refractivity contribution is 6.37. The number of hydrogen-bond acceptors (Lipinski definition) is 6. The van der Waals surface area contributed by atoms with E-state index in [-0.39, 0.29) is 24.7 Å². The van der Waals surface area contributed by atoms with Crippen LogP contribution in [0.5, 0.6) is 0 Å². The first kappa shape index (κ1) is 24.5. The van der Waals surface area contributed by atoms with Gasteiger partial charge >= 0.3 is 12.0 Å². The molecule has 0 spiro atoms. The van der Waals surface area contributed by atoms with E-state index >= 15 is 0 Å². The number of benzene rings is 1. The predicted octanol–water partition coefficient (Wildman–Crippen LogP) is 2.62. The third kappa shape index (κ3) is 8.13.